The zero-order chi connectivity index (χ0) is 25.5. The van der Waals surface area contributed by atoms with Gasteiger partial charge in [-0.15, -0.1) is 0 Å². The highest BCUT2D eigenvalue weighted by atomic mass is 19.2. The molecule has 1 aliphatic rings. The van der Waals surface area contributed by atoms with Gasteiger partial charge < -0.3 is 14.8 Å². The molecule has 190 valence electrons. The number of carbonyl (C=O) groups excluding carboxylic acids is 1. The number of hydrogen-bond donors (Lipinski definition) is 1. The number of nitrogens with one attached hydrogen (secondary N) is 1. The molecule has 1 N–H and O–H groups in total. The minimum atomic E-state index is -1.07. The third-order valence-electron chi connectivity index (χ3n) is 5.97. The largest absolute Gasteiger partial charge is 0.479 e. The number of halogens is 3. The van der Waals surface area contributed by atoms with Gasteiger partial charge in [0.15, 0.2) is 17.7 Å². The second kappa shape index (κ2) is 12.1. The zero-order valence-electron chi connectivity index (χ0n) is 20.1. The summed E-state index contributed by atoms with van der Waals surface area (Å²) in [5.41, 5.74) is 2.58. The molecule has 1 saturated heterocycles. The van der Waals surface area contributed by atoms with Gasteiger partial charge in [0.25, 0.3) is 5.91 Å². The first-order valence-electron chi connectivity index (χ1n) is 11.9. The molecule has 1 fully saturated rings. The summed E-state index contributed by atoms with van der Waals surface area (Å²) in [5, 5.41) is 2.73. The molecule has 1 heterocycles. The molecule has 0 unspecified atom stereocenters. The van der Waals surface area contributed by atoms with Gasteiger partial charge in [-0.25, -0.2) is 13.2 Å². The van der Waals surface area contributed by atoms with Crippen LogP contribution in [-0.4, -0.2) is 42.7 Å². The molecule has 3 aromatic carbocycles. The maximum absolute atomic E-state index is 13.9. The first kappa shape index (κ1) is 25.7. The molecule has 0 saturated carbocycles. The number of nitrogens with zero attached hydrogens (tertiary/aromatic N) is 1. The standard InChI is InChI=1S/C28H29F3N2O3/c1-19-4-2-5-20(14-19)16-33(17-24-6-3-13-35-24)18-27(36-23-11-12-25(30)26(31)15-23)28(34)32-22-9-7-21(29)8-10-22/h2,4-5,7-12,14-15,24,27H,3,6,13,16-18H2,1H3,(H,32,34)/t24-,27-/m0/s1. The zero-order valence-corrected chi connectivity index (χ0v) is 20.1. The Labute approximate surface area is 208 Å². The third-order valence-corrected chi connectivity index (χ3v) is 5.97. The number of amides is 1. The molecule has 0 spiro atoms. The Morgan fingerprint density at radius 3 is 2.58 bits per heavy atom. The highest BCUT2D eigenvalue weighted by Crippen LogP contribution is 2.21. The molecule has 0 aromatic heterocycles. The van der Waals surface area contributed by atoms with E-state index in [0.29, 0.717) is 25.4 Å². The van der Waals surface area contributed by atoms with Crippen LogP contribution in [0.25, 0.3) is 0 Å². The third kappa shape index (κ3) is 7.32. The van der Waals surface area contributed by atoms with Gasteiger partial charge in [0.05, 0.1) is 6.10 Å². The number of benzene rings is 3. The van der Waals surface area contributed by atoms with Gasteiger partial charge in [-0.3, -0.25) is 9.69 Å². The number of anilines is 1. The van der Waals surface area contributed by atoms with Crippen LogP contribution in [0, 0.1) is 24.4 Å². The van der Waals surface area contributed by atoms with Crippen molar-refractivity contribution in [2.45, 2.75) is 38.5 Å². The molecule has 4 rings (SSSR count). The average Bonchev–Trinajstić information content (AvgIpc) is 3.35. The van der Waals surface area contributed by atoms with Crippen LogP contribution in [0.4, 0.5) is 18.9 Å². The van der Waals surface area contributed by atoms with E-state index in [1.54, 1.807) is 0 Å². The maximum Gasteiger partial charge on any atom is 0.266 e. The van der Waals surface area contributed by atoms with Crippen molar-refractivity contribution in [3.63, 3.8) is 0 Å². The van der Waals surface area contributed by atoms with Crippen LogP contribution in [0.1, 0.15) is 24.0 Å². The Hall–Kier alpha value is -3.36. The molecule has 36 heavy (non-hydrogen) atoms. The second-order valence-electron chi connectivity index (χ2n) is 9.00. The number of carbonyl (C=O) groups is 1. The number of ether oxygens (including phenoxy) is 2. The van der Waals surface area contributed by atoms with E-state index in [0.717, 1.165) is 36.1 Å². The van der Waals surface area contributed by atoms with Gasteiger partial charge in [-0.05, 0) is 61.7 Å². The molecular weight excluding hydrogens is 469 g/mol. The highest BCUT2D eigenvalue weighted by molar-refractivity contribution is 5.94. The van der Waals surface area contributed by atoms with Crippen LogP contribution in [0.3, 0.4) is 0 Å². The second-order valence-corrected chi connectivity index (χ2v) is 9.00. The molecule has 0 aliphatic carbocycles. The lowest BCUT2D eigenvalue weighted by atomic mass is 10.1. The molecule has 5 nitrogen and oxygen atoms in total. The minimum Gasteiger partial charge on any atom is -0.479 e. The number of hydrogen-bond acceptors (Lipinski definition) is 4. The molecule has 0 bridgehead atoms. The van der Waals surface area contributed by atoms with Gasteiger partial charge in [0, 0.05) is 38.0 Å². The highest BCUT2D eigenvalue weighted by Gasteiger charge is 2.27. The Morgan fingerprint density at radius 2 is 1.89 bits per heavy atom. The van der Waals surface area contributed by atoms with E-state index in [1.807, 2.05) is 25.1 Å². The quantitative estimate of drug-likeness (QED) is 0.402. The van der Waals surface area contributed by atoms with Crippen molar-refractivity contribution in [1.82, 2.24) is 4.90 Å². The number of aryl methyl sites for hydroxylation is 1. The summed E-state index contributed by atoms with van der Waals surface area (Å²) in [7, 11) is 0. The lowest BCUT2D eigenvalue weighted by molar-refractivity contribution is -0.123. The van der Waals surface area contributed by atoms with E-state index in [-0.39, 0.29) is 18.4 Å². The summed E-state index contributed by atoms with van der Waals surface area (Å²) in [5.74, 6) is -2.97. The van der Waals surface area contributed by atoms with Gasteiger partial charge in [0.1, 0.15) is 11.6 Å². The molecule has 3 aromatic rings. The van der Waals surface area contributed by atoms with Crippen LogP contribution in [0.2, 0.25) is 0 Å². The molecular formula is C28H29F3N2O3. The van der Waals surface area contributed by atoms with Crippen molar-refractivity contribution in [2.24, 2.45) is 0 Å². The lowest BCUT2D eigenvalue weighted by Gasteiger charge is -2.29. The normalized spacial score (nSPS) is 16.2. The van der Waals surface area contributed by atoms with Crippen molar-refractivity contribution < 1.29 is 27.4 Å². The molecule has 1 aliphatic heterocycles. The van der Waals surface area contributed by atoms with E-state index in [2.05, 4.69) is 16.3 Å². The van der Waals surface area contributed by atoms with Crippen molar-refractivity contribution in [1.29, 1.82) is 0 Å². The van der Waals surface area contributed by atoms with Crippen LogP contribution >= 0.6 is 0 Å². The molecule has 0 radical (unpaired) electrons. The summed E-state index contributed by atoms with van der Waals surface area (Å²) in [6, 6.07) is 16.6. The summed E-state index contributed by atoms with van der Waals surface area (Å²) in [6.45, 7) is 4.00. The van der Waals surface area contributed by atoms with E-state index < -0.39 is 29.5 Å². The lowest BCUT2D eigenvalue weighted by Crippen LogP contribution is -2.45. The Morgan fingerprint density at radius 1 is 1.08 bits per heavy atom. The molecule has 1 amide bonds. The predicted octanol–water partition coefficient (Wildman–Crippen LogP) is 5.48. The Bertz CT molecular complexity index is 1170. The molecule has 2 atom stereocenters. The van der Waals surface area contributed by atoms with Crippen LogP contribution in [0.15, 0.2) is 66.7 Å². The fourth-order valence-electron chi connectivity index (χ4n) is 4.23. The van der Waals surface area contributed by atoms with Crippen molar-refractivity contribution in [3.05, 3.63) is 95.3 Å². The molecule has 8 heteroatoms. The van der Waals surface area contributed by atoms with E-state index in [4.69, 9.17) is 9.47 Å². The van der Waals surface area contributed by atoms with Gasteiger partial charge in [-0.2, -0.15) is 0 Å². The monoisotopic (exact) mass is 498 g/mol. The summed E-state index contributed by atoms with van der Waals surface area (Å²) >= 11 is 0. The maximum atomic E-state index is 13.9. The average molecular weight is 499 g/mol. The van der Waals surface area contributed by atoms with Crippen LogP contribution < -0.4 is 10.1 Å². The fourth-order valence-corrected chi connectivity index (χ4v) is 4.23. The Kier molecular flexibility index (Phi) is 8.61. The first-order valence-corrected chi connectivity index (χ1v) is 11.9. The summed E-state index contributed by atoms with van der Waals surface area (Å²) in [6.07, 6.45) is 0.855. The van der Waals surface area contributed by atoms with Crippen molar-refractivity contribution >= 4 is 11.6 Å². The van der Waals surface area contributed by atoms with Crippen LogP contribution in [-0.2, 0) is 16.1 Å². The van der Waals surface area contributed by atoms with Crippen LogP contribution in [0.5, 0.6) is 5.75 Å². The van der Waals surface area contributed by atoms with E-state index in [9.17, 15) is 18.0 Å². The smallest absolute Gasteiger partial charge is 0.266 e. The van der Waals surface area contributed by atoms with Gasteiger partial charge >= 0.3 is 0 Å². The summed E-state index contributed by atoms with van der Waals surface area (Å²) in [4.78, 5) is 15.3. The first-order chi connectivity index (χ1) is 17.4. The number of rotatable bonds is 10. The van der Waals surface area contributed by atoms with E-state index >= 15 is 0 Å². The topological polar surface area (TPSA) is 50.8 Å². The van der Waals surface area contributed by atoms with Gasteiger partial charge in [0.2, 0.25) is 0 Å². The minimum absolute atomic E-state index is 0.0267. The fraction of sp³-hybridized carbons (Fsp3) is 0.321. The van der Waals surface area contributed by atoms with Gasteiger partial charge in [-0.1, -0.05) is 29.8 Å². The van der Waals surface area contributed by atoms with E-state index in [1.165, 1.54) is 30.3 Å². The predicted molar refractivity (Wildman–Crippen MR) is 131 cm³/mol. The van der Waals surface area contributed by atoms with Crippen molar-refractivity contribution in [3.8, 4) is 5.75 Å². The SMILES string of the molecule is Cc1cccc(CN(C[C@@H]2CCCO2)C[C@H](Oc2ccc(F)c(F)c2)C(=O)Nc2ccc(F)cc2)c1. The summed E-state index contributed by atoms with van der Waals surface area (Å²) < 4.78 is 52.4. The van der Waals surface area contributed by atoms with Crippen molar-refractivity contribution in [2.75, 3.05) is 25.0 Å². The Balaban J connectivity index is 1.57.